The van der Waals surface area contributed by atoms with E-state index in [1.54, 1.807) is 10.7 Å². The Hall–Kier alpha value is -1.59. The number of aliphatic hydroxyl groups is 1. The number of hydrogen-bond acceptors (Lipinski definition) is 3. The van der Waals surface area contributed by atoms with E-state index >= 15 is 0 Å². The van der Waals surface area contributed by atoms with Crippen molar-refractivity contribution in [3.05, 3.63) is 46.5 Å². The SMILES string of the molecule is CCCn1ncc(Cl)c1C(O)c1ccc(OC)c(F)c1. The van der Waals surface area contributed by atoms with Crippen LogP contribution in [0.15, 0.2) is 24.4 Å². The van der Waals surface area contributed by atoms with Crippen LogP contribution in [0, 0.1) is 5.82 Å². The highest BCUT2D eigenvalue weighted by molar-refractivity contribution is 6.31. The molecule has 0 fully saturated rings. The summed E-state index contributed by atoms with van der Waals surface area (Å²) in [6.07, 6.45) is 1.31. The molecule has 4 nitrogen and oxygen atoms in total. The number of aliphatic hydroxyl groups excluding tert-OH is 1. The van der Waals surface area contributed by atoms with Crippen LogP contribution in [0.1, 0.15) is 30.7 Å². The summed E-state index contributed by atoms with van der Waals surface area (Å²) >= 11 is 6.06. The van der Waals surface area contributed by atoms with Crippen molar-refractivity contribution in [3.8, 4) is 5.75 Å². The molecular formula is C14H16ClFN2O2. The number of aromatic nitrogens is 2. The number of ether oxygens (including phenoxy) is 1. The second-order valence-electron chi connectivity index (χ2n) is 4.40. The maximum absolute atomic E-state index is 13.7. The van der Waals surface area contributed by atoms with Crippen molar-refractivity contribution >= 4 is 11.6 Å². The fourth-order valence-corrected chi connectivity index (χ4v) is 2.29. The van der Waals surface area contributed by atoms with Gasteiger partial charge in [0.25, 0.3) is 0 Å². The number of rotatable bonds is 5. The van der Waals surface area contributed by atoms with E-state index in [1.165, 1.54) is 25.4 Å². The van der Waals surface area contributed by atoms with Crippen LogP contribution in [0.3, 0.4) is 0 Å². The maximum atomic E-state index is 13.7. The molecule has 2 rings (SSSR count). The Labute approximate surface area is 121 Å². The van der Waals surface area contributed by atoms with E-state index in [1.807, 2.05) is 6.92 Å². The Morgan fingerprint density at radius 1 is 1.50 bits per heavy atom. The zero-order valence-electron chi connectivity index (χ0n) is 11.3. The zero-order valence-corrected chi connectivity index (χ0v) is 12.1. The van der Waals surface area contributed by atoms with Crippen molar-refractivity contribution in [1.82, 2.24) is 9.78 Å². The number of benzene rings is 1. The minimum absolute atomic E-state index is 0.133. The molecule has 20 heavy (non-hydrogen) atoms. The van der Waals surface area contributed by atoms with Crippen LogP contribution >= 0.6 is 11.6 Å². The molecule has 1 heterocycles. The summed E-state index contributed by atoms with van der Waals surface area (Å²) in [5, 5.41) is 14.9. The molecule has 0 spiro atoms. The quantitative estimate of drug-likeness (QED) is 0.922. The molecule has 0 aliphatic rings. The molecule has 0 amide bonds. The standard InChI is InChI=1S/C14H16ClFN2O2/c1-3-6-18-13(10(15)8-17-18)14(19)9-4-5-12(20-2)11(16)7-9/h4-5,7-8,14,19H,3,6H2,1-2H3. The molecule has 0 aliphatic carbocycles. The second-order valence-corrected chi connectivity index (χ2v) is 4.80. The van der Waals surface area contributed by atoms with E-state index in [2.05, 4.69) is 5.10 Å². The van der Waals surface area contributed by atoms with E-state index in [9.17, 15) is 9.50 Å². The Kier molecular flexibility index (Phi) is 4.62. The monoisotopic (exact) mass is 298 g/mol. The molecule has 1 unspecified atom stereocenters. The molecule has 0 bridgehead atoms. The van der Waals surface area contributed by atoms with Crippen molar-refractivity contribution < 1.29 is 14.2 Å². The molecule has 0 saturated heterocycles. The average Bonchev–Trinajstić information content (AvgIpc) is 2.79. The summed E-state index contributed by atoms with van der Waals surface area (Å²) in [6.45, 7) is 2.64. The lowest BCUT2D eigenvalue weighted by Crippen LogP contribution is -2.11. The first-order chi connectivity index (χ1) is 9.58. The molecule has 1 aromatic heterocycles. The summed E-state index contributed by atoms with van der Waals surface area (Å²) in [5.41, 5.74) is 0.876. The third kappa shape index (κ3) is 2.78. The third-order valence-electron chi connectivity index (χ3n) is 3.02. The molecule has 6 heteroatoms. The first-order valence-corrected chi connectivity index (χ1v) is 6.69. The molecule has 0 radical (unpaired) electrons. The van der Waals surface area contributed by atoms with Gasteiger partial charge in [0.2, 0.25) is 0 Å². The van der Waals surface area contributed by atoms with Crippen LogP contribution in [0.4, 0.5) is 4.39 Å². The van der Waals surface area contributed by atoms with Gasteiger partial charge in [-0.1, -0.05) is 24.6 Å². The first-order valence-electron chi connectivity index (χ1n) is 6.31. The van der Waals surface area contributed by atoms with Crippen molar-refractivity contribution in [3.63, 3.8) is 0 Å². The fourth-order valence-electron chi connectivity index (χ4n) is 2.04. The number of nitrogens with zero attached hydrogens (tertiary/aromatic N) is 2. The van der Waals surface area contributed by atoms with Crippen LogP contribution in [-0.4, -0.2) is 22.0 Å². The Morgan fingerprint density at radius 3 is 2.85 bits per heavy atom. The Morgan fingerprint density at radius 2 is 2.25 bits per heavy atom. The van der Waals surface area contributed by atoms with Gasteiger partial charge in [-0.05, 0) is 24.1 Å². The van der Waals surface area contributed by atoms with E-state index in [4.69, 9.17) is 16.3 Å². The summed E-state index contributed by atoms with van der Waals surface area (Å²) in [6, 6.07) is 4.32. The van der Waals surface area contributed by atoms with Crippen LogP contribution in [-0.2, 0) is 6.54 Å². The number of aryl methyl sites for hydroxylation is 1. The lowest BCUT2D eigenvalue weighted by Gasteiger charge is -2.15. The molecule has 1 aromatic carbocycles. The van der Waals surface area contributed by atoms with Crippen molar-refractivity contribution in [2.45, 2.75) is 26.0 Å². The maximum Gasteiger partial charge on any atom is 0.165 e. The van der Waals surface area contributed by atoms with Crippen LogP contribution in [0.5, 0.6) is 5.75 Å². The lowest BCUT2D eigenvalue weighted by atomic mass is 10.1. The molecular weight excluding hydrogens is 283 g/mol. The minimum atomic E-state index is -1.03. The van der Waals surface area contributed by atoms with Crippen molar-refractivity contribution in [2.24, 2.45) is 0 Å². The van der Waals surface area contributed by atoms with Gasteiger partial charge in [-0.3, -0.25) is 4.68 Å². The van der Waals surface area contributed by atoms with E-state index in [0.717, 1.165) is 6.42 Å². The molecule has 108 valence electrons. The molecule has 1 N–H and O–H groups in total. The van der Waals surface area contributed by atoms with Gasteiger partial charge in [0, 0.05) is 6.54 Å². The highest BCUT2D eigenvalue weighted by Crippen LogP contribution is 2.30. The molecule has 2 aromatic rings. The molecule has 0 saturated carbocycles. The molecule has 0 aliphatic heterocycles. The van der Waals surface area contributed by atoms with Gasteiger partial charge in [-0.2, -0.15) is 5.10 Å². The van der Waals surface area contributed by atoms with Crippen LogP contribution in [0.2, 0.25) is 5.02 Å². The number of hydrogen-bond donors (Lipinski definition) is 1. The predicted molar refractivity (Wildman–Crippen MR) is 74.5 cm³/mol. The summed E-state index contributed by atoms with van der Waals surface area (Å²) in [5.74, 6) is -0.393. The van der Waals surface area contributed by atoms with Crippen LogP contribution < -0.4 is 4.74 Å². The van der Waals surface area contributed by atoms with Gasteiger partial charge in [0.1, 0.15) is 6.10 Å². The zero-order chi connectivity index (χ0) is 14.7. The fraction of sp³-hybridized carbons (Fsp3) is 0.357. The van der Waals surface area contributed by atoms with E-state index in [0.29, 0.717) is 22.8 Å². The highest BCUT2D eigenvalue weighted by atomic mass is 35.5. The topological polar surface area (TPSA) is 47.3 Å². The Bertz CT molecular complexity index is 601. The predicted octanol–water partition coefficient (Wildman–Crippen LogP) is 3.18. The summed E-state index contributed by atoms with van der Waals surface area (Å²) in [4.78, 5) is 0. The van der Waals surface area contributed by atoms with Gasteiger partial charge in [0.15, 0.2) is 11.6 Å². The minimum Gasteiger partial charge on any atom is -0.494 e. The largest absolute Gasteiger partial charge is 0.494 e. The summed E-state index contributed by atoms with van der Waals surface area (Å²) < 4.78 is 20.2. The van der Waals surface area contributed by atoms with Gasteiger partial charge < -0.3 is 9.84 Å². The van der Waals surface area contributed by atoms with Crippen LogP contribution in [0.25, 0.3) is 0 Å². The third-order valence-corrected chi connectivity index (χ3v) is 3.31. The van der Waals surface area contributed by atoms with Gasteiger partial charge >= 0.3 is 0 Å². The second kappa shape index (κ2) is 6.24. The number of halogens is 2. The van der Waals surface area contributed by atoms with Gasteiger partial charge in [0.05, 0.1) is 24.0 Å². The van der Waals surface area contributed by atoms with Crippen molar-refractivity contribution in [2.75, 3.05) is 7.11 Å². The summed E-state index contributed by atoms with van der Waals surface area (Å²) in [7, 11) is 1.39. The number of methoxy groups -OCH3 is 1. The van der Waals surface area contributed by atoms with E-state index in [-0.39, 0.29) is 5.75 Å². The Balaban J connectivity index is 2.38. The van der Waals surface area contributed by atoms with Crippen molar-refractivity contribution in [1.29, 1.82) is 0 Å². The molecule has 1 atom stereocenters. The van der Waals surface area contributed by atoms with Gasteiger partial charge in [-0.15, -0.1) is 0 Å². The average molecular weight is 299 g/mol. The first kappa shape index (κ1) is 14.8. The highest BCUT2D eigenvalue weighted by Gasteiger charge is 2.20. The lowest BCUT2D eigenvalue weighted by molar-refractivity contribution is 0.206. The normalized spacial score (nSPS) is 12.4. The van der Waals surface area contributed by atoms with E-state index < -0.39 is 11.9 Å². The smallest absolute Gasteiger partial charge is 0.165 e. The van der Waals surface area contributed by atoms with Gasteiger partial charge in [-0.25, -0.2) is 4.39 Å².